The second-order valence-electron chi connectivity index (χ2n) is 6.06. The summed E-state index contributed by atoms with van der Waals surface area (Å²) in [5, 5.41) is 16.9. The monoisotopic (exact) mass is 352 g/mol. The smallest absolute Gasteiger partial charge is 0.322 e. The lowest BCUT2D eigenvalue weighted by molar-refractivity contribution is -0.125. The van der Waals surface area contributed by atoms with Gasteiger partial charge in [-0.05, 0) is 30.3 Å². The number of benzene rings is 1. The van der Waals surface area contributed by atoms with E-state index in [2.05, 4.69) is 15.6 Å². The van der Waals surface area contributed by atoms with Crippen molar-refractivity contribution in [3.8, 4) is 11.6 Å². The number of carbonyl (C=O) groups excluding carboxylic acids is 2. The number of hydrogen-bond donors (Lipinski definition) is 3. The molecule has 0 saturated carbocycles. The van der Waals surface area contributed by atoms with Gasteiger partial charge in [0.05, 0.1) is 19.3 Å². The predicted molar refractivity (Wildman–Crippen MR) is 92.7 cm³/mol. The van der Waals surface area contributed by atoms with Gasteiger partial charge in [-0.15, -0.1) is 0 Å². The van der Waals surface area contributed by atoms with Gasteiger partial charge in [-0.3, -0.25) is 15.1 Å². The van der Waals surface area contributed by atoms with Crippen LogP contribution in [0.25, 0.3) is 10.8 Å². The van der Waals surface area contributed by atoms with Crippen molar-refractivity contribution >= 4 is 22.7 Å². The quantitative estimate of drug-likeness (QED) is 0.617. The van der Waals surface area contributed by atoms with Gasteiger partial charge in [-0.25, -0.2) is 4.79 Å². The molecule has 0 radical (unpaired) electrons. The first-order valence-electron chi connectivity index (χ1n) is 7.94. The van der Waals surface area contributed by atoms with Crippen LogP contribution in [0.3, 0.4) is 0 Å². The molecule has 3 N–H and O–H groups in total. The number of urea groups is 1. The van der Waals surface area contributed by atoms with Crippen LogP contribution in [0.15, 0.2) is 48.8 Å². The SMILES string of the molecule is COc1ccc2cn(CC3(c4ccccn4)NC(=O)NC3=O)c(O)c2c1. The first-order chi connectivity index (χ1) is 12.5. The highest BCUT2D eigenvalue weighted by Crippen LogP contribution is 2.34. The Labute approximate surface area is 148 Å². The Morgan fingerprint density at radius 3 is 2.77 bits per heavy atom. The summed E-state index contributed by atoms with van der Waals surface area (Å²) >= 11 is 0. The molecule has 3 aromatic rings. The molecule has 8 nitrogen and oxygen atoms in total. The number of carbonyl (C=O) groups is 2. The van der Waals surface area contributed by atoms with Crippen LogP contribution < -0.4 is 15.4 Å². The fourth-order valence-electron chi connectivity index (χ4n) is 3.21. The molecule has 1 aliphatic rings. The largest absolute Gasteiger partial charge is 0.497 e. The third-order valence-corrected chi connectivity index (χ3v) is 4.52. The third kappa shape index (κ3) is 2.34. The summed E-state index contributed by atoms with van der Waals surface area (Å²) in [6.45, 7) is -0.00951. The number of ether oxygens (including phenoxy) is 1. The number of fused-ring (bicyclic) bond motifs is 1. The van der Waals surface area contributed by atoms with E-state index in [1.807, 2.05) is 6.07 Å². The highest BCUT2D eigenvalue weighted by atomic mass is 16.5. The topological polar surface area (TPSA) is 105 Å². The maximum absolute atomic E-state index is 12.6. The molecule has 8 heteroatoms. The molecule has 1 aromatic carbocycles. The number of aromatic nitrogens is 2. The number of nitrogens with one attached hydrogen (secondary N) is 2. The summed E-state index contributed by atoms with van der Waals surface area (Å²) in [4.78, 5) is 28.6. The van der Waals surface area contributed by atoms with Gasteiger partial charge in [0, 0.05) is 23.2 Å². The lowest BCUT2D eigenvalue weighted by Gasteiger charge is -2.26. The van der Waals surface area contributed by atoms with Crippen LogP contribution in [0.2, 0.25) is 0 Å². The van der Waals surface area contributed by atoms with Crippen LogP contribution in [-0.2, 0) is 16.9 Å². The van der Waals surface area contributed by atoms with E-state index in [-0.39, 0.29) is 12.4 Å². The maximum atomic E-state index is 12.6. The molecule has 4 rings (SSSR count). The minimum absolute atomic E-state index is 0.00951. The molecule has 132 valence electrons. The van der Waals surface area contributed by atoms with Gasteiger partial charge in [-0.2, -0.15) is 0 Å². The number of nitrogens with zero attached hydrogens (tertiary/aromatic N) is 2. The highest BCUT2D eigenvalue weighted by molar-refractivity contribution is 6.07. The Morgan fingerprint density at radius 1 is 1.27 bits per heavy atom. The van der Waals surface area contributed by atoms with E-state index in [0.717, 1.165) is 5.39 Å². The van der Waals surface area contributed by atoms with E-state index in [0.29, 0.717) is 16.8 Å². The molecule has 1 aliphatic heterocycles. The molecule has 1 fully saturated rings. The maximum Gasteiger partial charge on any atom is 0.322 e. The molecule has 3 amide bonds. The molecule has 3 heterocycles. The summed E-state index contributed by atoms with van der Waals surface area (Å²) in [6.07, 6.45) is 3.26. The summed E-state index contributed by atoms with van der Waals surface area (Å²) in [5.41, 5.74) is -1.02. The number of rotatable bonds is 4. The molecule has 26 heavy (non-hydrogen) atoms. The van der Waals surface area contributed by atoms with E-state index in [9.17, 15) is 14.7 Å². The Bertz CT molecular complexity index is 1010. The number of pyridine rings is 1. The zero-order chi connectivity index (χ0) is 18.3. The standard InChI is InChI=1S/C18H16N4O4/c1-26-12-6-5-11-9-22(15(23)13(11)8-12)10-18(14-4-2-3-7-19-14)16(24)20-17(25)21-18/h2-9,23H,10H2,1H3,(H2,20,21,24,25). The van der Waals surface area contributed by atoms with E-state index >= 15 is 0 Å². The van der Waals surface area contributed by atoms with Crippen LogP contribution in [-0.4, -0.2) is 33.7 Å². The van der Waals surface area contributed by atoms with Crippen molar-refractivity contribution in [1.82, 2.24) is 20.2 Å². The fourth-order valence-corrected chi connectivity index (χ4v) is 3.21. The molecular weight excluding hydrogens is 336 g/mol. The van der Waals surface area contributed by atoms with E-state index in [1.54, 1.807) is 49.8 Å². The van der Waals surface area contributed by atoms with Gasteiger partial charge >= 0.3 is 6.03 Å². The molecular formula is C18H16N4O4. The van der Waals surface area contributed by atoms with Crippen molar-refractivity contribution in [3.63, 3.8) is 0 Å². The minimum atomic E-state index is -1.41. The third-order valence-electron chi connectivity index (χ3n) is 4.52. The molecule has 1 unspecified atom stereocenters. The van der Waals surface area contributed by atoms with Gasteiger partial charge in [-0.1, -0.05) is 6.07 Å². The molecule has 1 atom stereocenters. The van der Waals surface area contributed by atoms with Crippen LogP contribution in [0, 0.1) is 0 Å². The lowest BCUT2D eigenvalue weighted by Crippen LogP contribution is -2.47. The zero-order valence-electron chi connectivity index (χ0n) is 13.9. The average Bonchev–Trinajstić information content (AvgIpc) is 3.12. The first kappa shape index (κ1) is 15.9. The summed E-state index contributed by atoms with van der Waals surface area (Å²) in [6, 6.07) is 9.82. The van der Waals surface area contributed by atoms with Crippen LogP contribution in [0.5, 0.6) is 11.6 Å². The van der Waals surface area contributed by atoms with Gasteiger partial charge in [0.25, 0.3) is 5.91 Å². The van der Waals surface area contributed by atoms with Gasteiger partial charge in [0.15, 0.2) is 11.4 Å². The molecule has 0 aliphatic carbocycles. The van der Waals surface area contributed by atoms with Gasteiger partial charge in [0.1, 0.15) is 5.75 Å². The average molecular weight is 352 g/mol. The fraction of sp³-hybridized carbons (Fsp3) is 0.167. The number of amides is 3. The van der Waals surface area contributed by atoms with Crippen LogP contribution in [0.4, 0.5) is 4.79 Å². The van der Waals surface area contributed by atoms with Crippen LogP contribution >= 0.6 is 0 Å². The number of imide groups is 1. The first-order valence-corrected chi connectivity index (χ1v) is 7.94. The number of aromatic hydroxyl groups is 1. The van der Waals surface area contributed by atoms with Crippen molar-refractivity contribution in [2.24, 2.45) is 0 Å². The highest BCUT2D eigenvalue weighted by Gasteiger charge is 2.49. The van der Waals surface area contributed by atoms with Crippen molar-refractivity contribution in [2.45, 2.75) is 12.1 Å². The van der Waals surface area contributed by atoms with Crippen molar-refractivity contribution < 1.29 is 19.4 Å². The van der Waals surface area contributed by atoms with Crippen molar-refractivity contribution in [2.75, 3.05) is 7.11 Å². The summed E-state index contributed by atoms with van der Waals surface area (Å²) < 4.78 is 6.71. The second kappa shape index (κ2) is 5.76. The predicted octanol–water partition coefficient (Wildman–Crippen LogP) is 1.49. The Hall–Kier alpha value is -3.55. The molecule has 1 saturated heterocycles. The van der Waals surface area contributed by atoms with Crippen LogP contribution in [0.1, 0.15) is 5.69 Å². The number of methoxy groups -OCH3 is 1. The van der Waals surface area contributed by atoms with E-state index in [1.165, 1.54) is 4.57 Å². The van der Waals surface area contributed by atoms with Crippen molar-refractivity contribution in [3.05, 3.63) is 54.5 Å². The Kier molecular flexibility index (Phi) is 3.54. The second-order valence-corrected chi connectivity index (χ2v) is 6.06. The Balaban J connectivity index is 1.82. The number of hydrogen-bond acceptors (Lipinski definition) is 5. The van der Waals surface area contributed by atoms with Gasteiger partial charge in [0.2, 0.25) is 0 Å². The zero-order valence-corrected chi connectivity index (χ0v) is 13.9. The molecule has 0 bridgehead atoms. The molecule has 0 spiro atoms. The summed E-state index contributed by atoms with van der Waals surface area (Å²) in [7, 11) is 1.55. The Morgan fingerprint density at radius 2 is 2.12 bits per heavy atom. The van der Waals surface area contributed by atoms with Gasteiger partial charge < -0.3 is 19.7 Å². The van der Waals surface area contributed by atoms with Crippen molar-refractivity contribution in [1.29, 1.82) is 0 Å². The normalized spacial score (nSPS) is 19.4. The minimum Gasteiger partial charge on any atom is -0.497 e. The lowest BCUT2D eigenvalue weighted by atomic mass is 9.94. The molecule has 2 aromatic heterocycles. The van der Waals surface area contributed by atoms with E-state index in [4.69, 9.17) is 4.74 Å². The summed E-state index contributed by atoms with van der Waals surface area (Å²) in [5.74, 6) is 0.0657. The van der Waals surface area contributed by atoms with E-state index < -0.39 is 17.5 Å².